The van der Waals surface area contributed by atoms with Crippen molar-refractivity contribution >= 4 is 23.6 Å². The molecule has 1 amide bonds. The number of carbonyl (C=O) groups excluding carboxylic acids is 1. The molecule has 0 heterocycles. The van der Waals surface area contributed by atoms with Gasteiger partial charge in [0, 0.05) is 12.3 Å². The first kappa shape index (κ1) is 16.0. The summed E-state index contributed by atoms with van der Waals surface area (Å²) in [4.78, 5) is 23.1. The van der Waals surface area contributed by atoms with Crippen LogP contribution in [0.15, 0.2) is 12.2 Å². The summed E-state index contributed by atoms with van der Waals surface area (Å²) in [7, 11) is 0. The molecule has 0 saturated heterocycles. The predicted octanol–water partition coefficient (Wildman–Crippen LogP) is 0.884. The number of carboxylic acid groups (broad SMARTS) is 1. The lowest BCUT2D eigenvalue weighted by Crippen LogP contribution is -2.46. The second kappa shape index (κ2) is 6.96. The molecule has 5 nitrogen and oxygen atoms in total. The smallest absolute Gasteiger partial charge is 0.307 e. The summed E-state index contributed by atoms with van der Waals surface area (Å²) < 4.78 is 0. The fraction of sp³-hybridized carbons (Fsp3) is 0.692. The number of allylic oxidation sites excluding steroid dienone is 2. The molecule has 1 aliphatic carbocycles. The minimum absolute atomic E-state index is 0.138. The zero-order valence-electron chi connectivity index (χ0n) is 11.3. The van der Waals surface area contributed by atoms with E-state index in [1.54, 1.807) is 13.0 Å². The van der Waals surface area contributed by atoms with Crippen LogP contribution < -0.4 is 5.32 Å². The van der Waals surface area contributed by atoms with Crippen molar-refractivity contribution in [1.29, 1.82) is 0 Å². The first-order valence-corrected chi connectivity index (χ1v) is 7.63. The third kappa shape index (κ3) is 4.87. The molecule has 19 heavy (non-hydrogen) atoms. The highest BCUT2D eigenvalue weighted by atomic mass is 32.2. The summed E-state index contributed by atoms with van der Waals surface area (Å²) in [6.45, 7) is 1.79. The normalized spacial score (nSPS) is 25.6. The van der Waals surface area contributed by atoms with Crippen molar-refractivity contribution in [1.82, 2.24) is 5.32 Å². The van der Waals surface area contributed by atoms with Crippen molar-refractivity contribution in [3.63, 3.8) is 0 Å². The van der Waals surface area contributed by atoms with Gasteiger partial charge in [-0.15, -0.1) is 0 Å². The van der Waals surface area contributed by atoms with Gasteiger partial charge in [-0.2, -0.15) is 11.8 Å². The van der Waals surface area contributed by atoms with Gasteiger partial charge in [0.15, 0.2) is 0 Å². The highest BCUT2D eigenvalue weighted by Gasteiger charge is 2.34. The second-order valence-electron chi connectivity index (χ2n) is 5.14. The molecule has 0 fully saturated rings. The number of hydrogen-bond donors (Lipinski definition) is 3. The maximum Gasteiger partial charge on any atom is 0.307 e. The minimum atomic E-state index is -0.974. The van der Waals surface area contributed by atoms with Crippen molar-refractivity contribution in [3.8, 4) is 0 Å². The summed E-state index contributed by atoms with van der Waals surface area (Å²) in [6.07, 6.45) is 6.33. The lowest BCUT2D eigenvalue weighted by Gasteiger charge is -2.27. The summed E-state index contributed by atoms with van der Waals surface area (Å²) in [6, 6.07) is 0. The Bertz CT molecular complexity index is 368. The van der Waals surface area contributed by atoms with Gasteiger partial charge in [0.1, 0.15) is 0 Å². The first-order chi connectivity index (χ1) is 8.87. The van der Waals surface area contributed by atoms with E-state index in [2.05, 4.69) is 5.32 Å². The van der Waals surface area contributed by atoms with E-state index in [0.29, 0.717) is 18.6 Å². The molecule has 1 aliphatic rings. The Balaban J connectivity index is 2.57. The van der Waals surface area contributed by atoms with E-state index in [4.69, 9.17) is 5.11 Å². The zero-order chi connectivity index (χ0) is 14.5. The third-order valence-electron chi connectivity index (χ3n) is 3.19. The van der Waals surface area contributed by atoms with Crippen molar-refractivity contribution in [2.24, 2.45) is 11.8 Å². The van der Waals surface area contributed by atoms with Crippen LogP contribution in [-0.2, 0) is 9.59 Å². The van der Waals surface area contributed by atoms with Gasteiger partial charge in [0.25, 0.3) is 0 Å². The first-order valence-electron chi connectivity index (χ1n) is 6.24. The Morgan fingerprint density at radius 2 is 1.95 bits per heavy atom. The molecule has 108 valence electrons. The van der Waals surface area contributed by atoms with Gasteiger partial charge in [-0.1, -0.05) is 12.2 Å². The van der Waals surface area contributed by atoms with Crippen LogP contribution in [0, 0.1) is 11.8 Å². The monoisotopic (exact) mass is 287 g/mol. The number of aliphatic hydroxyl groups is 1. The van der Waals surface area contributed by atoms with E-state index in [1.165, 1.54) is 11.8 Å². The third-order valence-corrected chi connectivity index (χ3v) is 4.10. The van der Waals surface area contributed by atoms with E-state index < -0.39 is 23.4 Å². The standard InChI is InChI=1S/C13H21NO4S/c1-13(18,8-19-2)7-14-11(15)9-5-3-4-6-10(9)12(16)17/h3-4,9-10,18H,5-8H2,1-2H3,(H,14,15)(H,16,17)/t9-,10+,13?/m1/s1. The van der Waals surface area contributed by atoms with E-state index in [9.17, 15) is 14.7 Å². The van der Waals surface area contributed by atoms with Gasteiger partial charge in [-0.3, -0.25) is 9.59 Å². The maximum absolute atomic E-state index is 12.0. The highest BCUT2D eigenvalue weighted by molar-refractivity contribution is 7.98. The lowest BCUT2D eigenvalue weighted by atomic mass is 9.82. The molecule has 3 N–H and O–H groups in total. The molecule has 0 aliphatic heterocycles. The Labute approximate surface area is 117 Å². The zero-order valence-corrected chi connectivity index (χ0v) is 12.1. The molecule has 3 atom stereocenters. The number of carbonyl (C=O) groups is 2. The number of carboxylic acids is 1. The van der Waals surface area contributed by atoms with Crippen LogP contribution in [0.1, 0.15) is 19.8 Å². The molecule has 0 bridgehead atoms. The van der Waals surface area contributed by atoms with E-state index in [1.807, 2.05) is 12.3 Å². The van der Waals surface area contributed by atoms with E-state index >= 15 is 0 Å². The Morgan fingerprint density at radius 1 is 1.37 bits per heavy atom. The molecular formula is C13H21NO4S. The van der Waals surface area contributed by atoms with Crippen molar-refractivity contribution in [2.75, 3.05) is 18.6 Å². The number of amides is 1. The van der Waals surface area contributed by atoms with Gasteiger partial charge in [0.2, 0.25) is 5.91 Å². The molecule has 0 aromatic carbocycles. The minimum Gasteiger partial charge on any atom is -0.481 e. The van der Waals surface area contributed by atoms with Gasteiger partial charge < -0.3 is 15.5 Å². The number of nitrogens with one attached hydrogen (secondary N) is 1. The molecule has 0 aromatic heterocycles. The summed E-state index contributed by atoms with van der Waals surface area (Å²) in [5.41, 5.74) is -0.974. The Hall–Kier alpha value is -1.01. The Morgan fingerprint density at radius 3 is 2.47 bits per heavy atom. The van der Waals surface area contributed by atoms with Crippen LogP contribution in [0.5, 0.6) is 0 Å². The van der Waals surface area contributed by atoms with Crippen molar-refractivity contribution < 1.29 is 19.8 Å². The largest absolute Gasteiger partial charge is 0.481 e. The van der Waals surface area contributed by atoms with Crippen LogP contribution in [0.2, 0.25) is 0 Å². The fourth-order valence-corrected chi connectivity index (χ4v) is 2.87. The van der Waals surface area contributed by atoms with Gasteiger partial charge in [-0.05, 0) is 26.0 Å². The fourth-order valence-electron chi connectivity index (χ4n) is 2.15. The molecule has 1 unspecified atom stereocenters. The molecular weight excluding hydrogens is 266 g/mol. The average Bonchev–Trinajstić information content (AvgIpc) is 2.36. The SMILES string of the molecule is CSCC(C)(O)CNC(=O)[C@@H]1CC=CC[C@@H]1C(=O)O. The Kier molecular flexibility index (Phi) is 5.87. The summed E-state index contributed by atoms with van der Waals surface area (Å²) in [5.74, 6) is -1.94. The van der Waals surface area contributed by atoms with Crippen LogP contribution in [0.25, 0.3) is 0 Å². The molecule has 0 spiro atoms. The number of rotatable bonds is 6. The molecule has 0 radical (unpaired) electrons. The molecule has 0 aromatic rings. The quantitative estimate of drug-likeness (QED) is 0.631. The topological polar surface area (TPSA) is 86.6 Å². The number of hydrogen-bond acceptors (Lipinski definition) is 4. The summed E-state index contributed by atoms with van der Waals surface area (Å²) >= 11 is 1.49. The molecule has 0 saturated carbocycles. The van der Waals surface area contributed by atoms with Gasteiger partial charge in [0.05, 0.1) is 17.4 Å². The van der Waals surface area contributed by atoms with Crippen LogP contribution >= 0.6 is 11.8 Å². The van der Waals surface area contributed by atoms with E-state index in [-0.39, 0.29) is 12.5 Å². The van der Waals surface area contributed by atoms with Crippen LogP contribution in [0.3, 0.4) is 0 Å². The molecule has 6 heteroatoms. The highest BCUT2D eigenvalue weighted by Crippen LogP contribution is 2.26. The maximum atomic E-state index is 12.0. The van der Waals surface area contributed by atoms with Crippen LogP contribution in [0.4, 0.5) is 0 Å². The van der Waals surface area contributed by atoms with Crippen molar-refractivity contribution in [2.45, 2.75) is 25.4 Å². The number of thioether (sulfide) groups is 1. The molecule has 1 rings (SSSR count). The number of aliphatic carboxylic acids is 1. The van der Waals surface area contributed by atoms with Crippen LogP contribution in [-0.4, -0.2) is 46.2 Å². The van der Waals surface area contributed by atoms with Gasteiger partial charge >= 0.3 is 5.97 Å². The van der Waals surface area contributed by atoms with E-state index in [0.717, 1.165) is 0 Å². The second-order valence-corrected chi connectivity index (χ2v) is 6.01. The summed E-state index contributed by atoms with van der Waals surface area (Å²) in [5, 5.41) is 21.7. The average molecular weight is 287 g/mol. The lowest BCUT2D eigenvalue weighted by molar-refractivity contribution is -0.147. The van der Waals surface area contributed by atoms with Gasteiger partial charge in [-0.25, -0.2) is 0 Å². The predicted molar refractivity (Wildman–Crippen MR) is 75.0 cm³/mol. The van der Waals surface area contributed by atoms with Crippen molar-refractivity contribution in [3.05, 3.63) is 12.2 Å².